The number of hydrogen-bond acceptors (Lipinski definition) is 2. The van der Waals surface area contributed by atoms with E-state index in [1.54, 1.807) is 0 Å². The first kappa shape index (κ1) is 23.0. The second-order valence-corrected chi connectivity index (χ2v) is 8.30. The lowest BCUT2D eigenvalue weighted by Crippen LogP contribution is -2.32. The number of hydrogen-bond donors (Lipinski definition) is 1. The van der Waals surface area contributed by atoms with Crippen molar-refractivity contribution in [1.29, 1.82) is 0 Å². The van der Waals surface area contributed by atoms with Gasteiger partial charge in [-0.15, -0.1) is 0 Å². The number of carbonyl (C=O) groups is 1. The van der Waals surface area contributed by atoms with Crippen LogP contribution in [-0.4, -0.2) is 24.2 Å². The van der Waals surface area contributed by atoms with E-state index < -0.39 is 0 Å². The fourth-order valence-electron chi connectivity index (χ4n) is 4.20. The zero-order chi connectivity index (χ0) is 21.9. The molecule has 1 aliphatic rings. The first-order valence-electron chi connectivity index (χ1n) is 11.6. The minimum Gasteiger partial charge on any atom is -0.392 e. The molecule has 0 unspecified atom stereocenters. The molecule has 2 aromatic rings. The van der Waals surface area contributed by atoms with Gasteiger partial charge in [0.1, 0.15) is 0 Å². The number of carbonyl (C=O) groups excluding carboxylic acids is 1. The summed E-state index contributed by atoms with van der Waals surface area (Å²) in [6, 6.07) is 16.3. The lowest BCUT2D eigenvalue weighted by Gasteiger charge is -2.25. The van der Waals surface area contributed by atoms with E-state index in [-0.39, 0.29) is 12.5 Å². The van der Waals surface area contributed by atoms with Crippen LogP contribution in [0.25, 0.3) is 0 Å². The van der Waals surface area contributed by atoms with Crippen molar-refractivity contribution in [1.82, 2.24) is 0 Å². The molecule has 1 N–H and O–H groups in total. The Morgan fingerprint density at radius 1 is 0.968 bits per heavy atom. The predicted molar refractivity (Wildman–Crippen MR) is 130 cm³/mol. The molecule has 0 radical (unpaired) electrons. The van der Waals surface area contributed by atoms with Crippen molar-refractivity contribution in [3.63, 3.8) is 0 Å². The number of allylic oxidation sites excluding steroid dienone is 2. The van der Waals surface area contributed by atoms with Crippen molar-refractivity contribution in [2.45, 2.75) is 58.3 Å². The van der Waals surface area contributed by atoms with E-state index in [1.165, 1.54) is 37.7 Å². The van der Waals surface area contributed by atoms with Gasteiger partial charge in [0.2, 0.25) is 0 Å². The van der Waals surface area contributed by atoms with Crippen LogP contribution in [0, 0.1) is 0 Å². The number of para-hydroxylation sites is 1. The van der Waals surface area contributed by atoms with Gasteiger partial charge in [-0.3, -0.25) is 4.79 Å². The van der Waals surface area contributed by atoms with Gasteiger partial charge in [0, 0.05) is 17.8 Å². The van der Waals surface area contributed by atoms with Crippen LogP contribution in [0.1, 0.15) is 66.9 Å². The van der Waals surface area contributed by atoms with E-state index in [0.717, 1.165) is 48.2 Å². The largest absolute Gasteiger partial charge is 0.392 e. The highest BCUT2D eigenvalue weighted by Gasteiger charge is 2.20. The summed E-state index contributed by atoms with van der Waals surface area (Å²) in [5.41, 5.74) is 5.11. The van der Waals surface area contributed by atoms with E-state index in [4.69, 9.17) is 0 Å². The highest BCUT2D eigenvalue weighted by atomic mass is 16.3. The molecule has 3 nitrogen and oxygen atoms in total. The monoisotopic (exact) mass is 417 g/mol. The highest BCUT2D eigenvalue weighted by molar-refractivity contribution is 6.06. The quantitative estimate of drug-likeness (QED) is 0.583. The Morgan fingerprint density at radius 3 is 2.42 bits per heavy atom. The number of aliphatic hydroxyl groups is 1. The van der Waals surface area contributed by atoms with E-state index in [1.807, 2.05) is 60.4 Å². The molecule has 0 fully saturated rings. The second kappa shape index (κ2) is 12.3. The molecule has 0 saturated carbocycles. The molecule has 164 valence electrons. The van der Waals surface area contributed by atoms with Crippen molar-refractivity contribution in [3.8, 4) is 0 Å². The lowest BCUT2D eigenvalue weighted by molar-refractivity contribution is 0.0986. The Bertz CT molecular complexity index is 895. The normalized spacial score (nSPS) is 16.1. The number of amides is 1. The molecular formula is C28H35NO2. The molecule has 0 bridgehead atoms. The number of fused-ring (bicyclic) bond motifs is 1. The molecule has 0 saturated heterocycles. The number of aryl methyl sites for hydroxylation is 1. The maximum atomic E-state index is 13.5. The SMILES string of the molecule is C/C=C\C(=C/Cc1ccc(C(=O)N2CCCCCCCCc3ccccc32)cc1)CO. The number of nitrogens with zero attached hydrogens (tertiary/aromatic N) is 1. The molecule has 0 atom stereocenters. The van der Waals surface area contributed by atoms with E-state index in [2.05, 4.69) is 18.2 Å². The summed E-state index contributed by atoms with van der Waals surface area (Å²) in [7, 11) is 0. The number of aliphatic hydroxyl groups excluding tert-OH is 1. The smallest absolute Gasteiger partial charge is 0.258 e. The third-order valence-corrected chi connectivity index (χ3v) is 5.97. The fourth-order valence-corrected chi connectivity index (χ4v) is 4.20. The van der Waals surface area contributed by atoms with Crippen LogP contribution in [-0.2, 0) is 12.8 Å². The van der Waals surface area contributed by atoms with Gasteiger partial charge < -0.3 is 10.0 Å². The fraction of sp³-hybridized carbons (Fsp3) is 0.393. The van der Waals surface area contributed by atoms with Gasteiger partial charge >= 0.3 is 0 Å². The molecule has 1 amide bonds. The molecule has 2 aromatic carbocycles. The summed E-state index contributed by atoms with van der Waals surface area (Å²) < 4.78 is 0. The maximum absolute atomic E-state index is 13.5. The molecule has 0 spiro atoms. The van der Waals surface area contributed by atoms with Crippen LogP contribution in [0.3, 0.4) is 0 Å². The summed E-state index contributed by atoms with van der Waals surface area (Å²) in [5, 5.41) is 9.40. The van der Waals surface area contributed by atoms with E-state index >= 15 is 0 Å². The number of anilines is 1. The molecule has 1 aliphatic heterocycles. The Kier molecular flexibility index (Phi) is 9.11. The summed E-state index contributed by atoms with van der Waals surface area (Å²) in [6.45, 7) is 2.75. The molecule has 3 heteroatoms. The number of rotatable bonds is 5. The summed E-state index contributed by atoms with van der Waals surface area (Å²) in [6.07, 6.45) is 14.9. The Labute approximate surface area is 187 Å². The Balaban J connectivity index is 1.80. The van der Waals surface area contributed by atoms with Gasteiger partial charge in [-0.1, -0.05) is 74.2 Å². The zero-order valence-corrected chi connectivity index (χ0v) is 18.7. The van der Waals surface area contributed by atoms with Crippen LogP contribution in [0.2, 0.25) is 0 Å². The third-order valence-electron chi connectivity index (χ3n) is 5.97. The van der Waals surface area contributed by atoms with Crippen LogP contribution in [0.15, 0.2) is 72.3 Å². The standard InChI is InChI=1S/C28H35NO2/c1-2-11-24(22-30)16-15-23-17-19-26(20-18-23)28(31)29-21-10-6-4-3-5-7-12-25-13-8-9-14-27(25)29/h2,8-9,11,13-14,16-20,30H,3-7,10,12,15,21-22H2,1H3/b11-2-,24-16+. The molecule has 31 heavy (non-hydrogen) atoms. The van der Waals surface area contributed by atoms with Gasteiger partial charge in [0.15, 0.2) is 0 Å². The zero-order valence-electron chi connectivity index (χ0n) is 18.7. The minimum atomic E-state index is 0.0370. The lowest BCUT2D eigenvalue weighted by atomic mass is 10.0. The van der Waals surface area contributed by atoms with E-state index in [0.29, 0.717) is 0 Å². The van der Waals surface area contributed by atoms with Gasteiger partial charge in [-0.2, -0.15) is 0 Å². The topological polar surface area (TPSA) is 40.5 Å². The summed E-state index contributed by atoms with van der Waals surface area (Å²) in [5.74, 6) is 0.0822. The number of benzene rings is 2. The third kappa shape index (κ3) is 6.67. The molecule has 1 heterocycles. The molecular weight excluding hydrogens is 382 g/mol. The molecule has 0 aliphatic carbocycles. The summed E-state index contributed by atoms with van der Waals surface area (Å²) >= 11 is 0. The van der Waals surface area contributed by atoms with Gasteiger partial charge in [0.25, 0.3) is 5.91 Å². The minimum absolute atomic E-state index is 0.0370. The van der Waals surface area contributed by atoms with Crippen molar-refractivity contribution < 1.29 is 9.90 Å². The first-order valence-corrected chi connectivity index (χ1v) is 11.6. The van der Waals surface area contributed by atoms with Crippen LogP contribution < -0.4 is 4.90 Å². The maximum Gasteiger partial charge on any atom is 0.258 e. The average Bonchev–Trinajstić information content (AvgIpc) is 2.85. The van der Waals surface area contributed by atoms with Crippen LogP contribution in [0.4, 0.5) is 5.69 Å². The van der Waals surface area contributed by atoms with Crippen LogP contribution in [0.5, 0.6) is 0 Å². The van der Waals surface area contributed by atoms with Crippen molar-refractivity contribution in [2.24, 2.45) is 0 Å². The molecule has 0 aromatic heterocycles. The molecule has 3 rings (SSSR count). The van der Waals surface area contributed by atoms with Crippen molar-refractivity contribution >= 4 is 11.6 Å². The Hall–Kier alpha value is -2.65. The van der Waals surface area contributed by atoms with E-state index in [9.17, 15) is 9.90 Å². The van der Waals surface area contributed by atoms with Crippen molar-refractivity contribution in [2.75, 3.05) is 18.1 Å². The van der Waals surface area contributed by atoms with Gasteiger partial charge in [-0.25, -0.2) is 0 Å². The van der Waals surface area contributed by atoms with Crippen LogP contribution >= 0.6 is 0 Å². The Morgan fingerprint density at radius 2 is 1.68 bits per heavy atom. The second-order valence-electron chi connectivity index (χ2n) is 8.30. The predicted octanol–water partition coefficient (Wildman–Crippen LogP) is 6.27. The van der Waals surface area contributed by atoms with Gasteiger partial charge in [0.05, 0.1) is 6.61 Å². The van der Waals surface area contributed by atoms with Crippen molar-refractivity contribution in [3.05, 3.63) is 89.0 Å². The first-order chi connectivity index (χ1) is 15.2. The average molecular weight is 418 g/mol. The van der Waals surface area contributed by atoms with Gasteiger partial charge in [-0.05, 0) is 67.5 Å². The highest BCUT2D eigenvalue weighted by Crippen LogP contribution is 2.26. The summed E-state index contributed by atoms with van der Waals surface area (Å²) in [4.78, 5) is 15.5.